The highest BCUT2D eigenvalue weighted by Crippen LogP contribution is 2.30. The molecule has 1 aromatic heterocycles. The molecule has 0 aliphatic heterocycles. The van der Waals surface area contributed by atoms with E-state index in [4.69, 9.17) is 4.74 Å². The number of thioether (sulfide) groups is 1. The number of aromatic nitrogens is 1. The molecule has 0 aromatic carbocycles. The SMILES string of the molecule is O=C(CSC(F)(F)F)NCc1ccnc(OCC2CC2)c1. The summed E-state index contributed by atoms with van der Waals surface area (Å²) in [5.41, 5.74) is -3.65. The normalized spacial score (nSPS) is 14.8. The van der Waals surface area contributed by atoms with Gasteiger partial charge in [0, 0.05) is 18.8 Å². The van der Waals surface area contributed by atoms with Crippen molar-refractivity contribution < 1.29 is 22.7 Å². The largest absolute Gasteiger partial charge is 0.477 e. The van der Waals surface area contributed by atoms with Gasteiger partial charge in [-0.1, -0.05) is 0 Å². The lowest BCUT2D eigenvalue weighted by Crippen LogP contribution is -2.26. The van der Waals surface area contributed by atoms with Crippen LogP contribution in [0, 0.1) is 5.92 Å². The first kappa shape index (κ1) is 15.9. The van der Waals surface area contributed by atoms with Crippen molar-refractivity contribution in [2.75, 3.05) is 12.4 Å². The number of halogens is 3. The molecule has 1 fully saturated rings. The Kier molecular flexibility index (Phi) is 5.33. The van der Waals surface area contributed by atoms with E-state index in [1.807, 2.05) is 0 Å². The molecule has 0 unspecified atom stereocenters. The number of pyridine rings is 1. The van der Waals surface area contributed by atoms with Crippen LogP contribution in [0.4, 0.5) is 13.2 Å². The fourth-order valence-corrected chi connectivity index (χ4v) is 1.92. The summed E-state index contributed by atoms with van der Waals surface area (Å²) in [6.07, 6.45) is 3.90. The van der Waals surface area contributed by atoms with Crippen molar-refractivity contribution in [3.8, 4) is 5.88 Å². The van der Waals surface area contributed by atoms with E-state index in [0.29, 0.717) is 18.4 Å². The van der Waals surface area contributed by atoms with Gasteiger partial charge in [-0.15, -0.1) is 0 Å². The number of hydrogen-bond donors (Lipinski definition) is 1. The summed E-state index contributed by atoms with van der Waals surface area (Å²) in [5, 5.41) is 2.43. The van der Waals surface area contributed by atoms with E-state index >= 15 is 0 Å². The first-order chi connectivity index (χ1) is 9.92. The third-order valence-electron chi connectivity index (χ3n) is 2.82. The summed E-state index contributed by atoms with van der Waals surface area (Å²) in [4.78, 5) is 15.3. The average Bonchev–Trinajstić information content (AvgIpc) is 3.24. The number of rotatable bonds is 7. The van der Waals surface area contributed by atoms with Crippen molar-refractivity contribution in [1.82, 2.24) is 10.3 Å². The smallest absolute Gasteiger partial charge is 0.442 e. The van der Waals surface area contributed by atoms with Crippen molar-refractivity contribution in [3.63, 3.8) is 0 Å². The Bertz CT molecular complexity index is 493. The fourth-order valence-electron chi connectivity index (χ4n) is 1.53. The van der Waals surface area contributed by atoms with E-state index in [2.05, 4.69) is 10.3 Å². The van der Waals surface area contributed by atoms with Crippen LogP contribution >= 0.6 is 11.8 Å². The Morgan fingerprint density at radius 2 is 2.24 bits per heavy atom. The lowest BCUT2D eigenvalue weighted by Gasteiger charge is -2.08. The Balaban J connectivity index is 1.74. The van der Waals surface area contributed by atoms with Gasteiger partial charge in [0.15, 0.2) is 0 Å². The molecule has 1 saturated carbocycles. The summed E-state index contributed by atoms with van der Waals surface area (Å²) in [5.74, 6) is -0.220. The van der Waals surface area contributed by atoms with E-state index in [-0.39, 0.29) is 18.3 Å². The highest BCUT2D eigenvalue weighted by Gasteiger charge is 2.29. The van der Waals surface area contributed by atoms with Crippen LogP contribution in [0.15, 0.2) is 18.3 Å². The molecule has 4 nitrogen and oxygen atoms in total. The molecule has 1 amide bonds. The predicted molar refractivity (Wildman–Crippen MR) is 72.8 cm³/mol. The molecule has 0 radical (unpaired) electrons. The quantitative estimate of drug-likeness (QED) is 0.839. The van der Waals surface area contributed by atoms with E-state index in [9.17, 15) is 18.0 Å². The number of amides is 1. The van der Waals surface area contributed by atoms with Crippen LogP contribution in [-0.2, 0) is 11.3 Å². The molecule has 8 heteroatoms. The molecule has 0 saturated heterocycles. The zero-order valence-electron chi connectivity index (χ0n) is 11.2. The van der Waals surface area contributed by atoms with Crippen LogP contribution in [-0.4, -0.2) is 28.8 Å². The van der Waals surface area contributed by atoms with E-state index in [1.54, 1.807) is 18.3 Å². The number of ether oxygens (including phenoxy) is 1. The molecular formula is C13H15F3N2O2S. The molecule has 1 aromatic rings. The van der Waals surface area contributed by atoms with Crippen molar-refractivity contribution in [3.05, 3.63) is 23.9 Å². The van der Waals surface area contributed by atoms with Gasteiger partial charge in [-0.3, -0.25) is 4.79 Å². The second-order valence-electron chi connectivity index (χ2n) is 4.77. The first-order valence-electron chi connectivity index (χ1n) is 6.47. The monoisotopic (exact) mass is 320 g/mol. The highest BCUT2D eigenvalue weighted by atomic mass is 32.2. The first-order valence-corrected chi connectivity index (χ1v) is 7.46. The van der Waals surface area contributed by atoms with Gasteiger partial charge < -0.3 is 10.1 Å². The Morgan fingerprint density at radius 3 is 2.90 bits per heavy atom. The maximum absolute atomic E-state index is 11.9. The second-order valence-corrected chi connectivity index (χ2v) is 5.81. The van der Waals surface area contributed by atoms with Crippen molar-refractivity contribution in [2.24, 2.45) is 5.92 Å². The highest BCUT2D eigenvalue weighted by molar-refractivity contribution is 8.00. The number of carbonyl (C=O) groups excluding carboxylic acids is 1. The number of nitrogens with zero attached hydrogens (tertiary/aromatic N) is 1. The molecule has 2 rings (SSSR count). The van der Waals surface area contributed by atoms with Crippen LogP contribution in [0.3, 0.4) is 0 Å². The number of carbonyl (C=O) groups is 1. The van der Waals surface area contributed by atoms with Gasteiger partial charge in [-0.05, 0) is 42.2 Å². The lowest BCUT2D eigenvalue weighted by molar-refractivity contribution is -0.119. The van der Waals surface area contributed by atoms with Crippen LogP contribution in [0.5, 0.6) is 5.88 Å². The van der Waals surface area contributed by atoms with Crippen LogP contribution in [0.25, 0.3) is 0 Å². The number of hydrogen-bond acceptors (Lipinski definition) is 4. The Hall–Kier alpha value is -1.44. The molecule has 0 spiro atoms. The zero-order chi connectivity index (χ0) is 15.3. The molecule has 1 N–H and O–H groups in total. The zero-order valence-corrected chi connectivity index (χ0v) is 12.0. The van der Waals surface area contributed by atoms with Gasteiger partial charge in [0.1, 0.15) is 0 Å². The van der Waals surface area contributed by atoms with Gasteiger partial charge in [0.2, 0.25) is 11.8 Å². The fraction of sp³-hybridized carbons (Fsp3) is 0.538. The third-order valence-corrected chi connectivity index (χ3v) is 3.55. The average molecular weight is 320 g/mol. The second kappa shape index (κ2) is 7.02. The number of alkyl halides is 3. The molecule has 21 heavy (non-hydrogen) atoms. The minimum atomic E-state index is -4.39. The van der Waals surface area contributed by atoms with Gasteiger partial charge in [-0.2, -0.15) is 13.2 Å². The molecule has 1 aliphatic rings. The van der Waals surface area contributed by atoms with Crippen molar-refractivity contribution in [1.29, 1.82) is 0 Å². The minimum absolute atomic E-state index is 0.152. The van der Waals surface area contributed by atoms with Crippen molar-refractivity contribution >= 4 is 17.7 Å². The summed E-state index contributed by atoms with van der Waals surface area (Å²) in [6, 6.07) is 3.36. The van der Waals surface area contributed by atoms with E-state index < -0.39 is 17.2 Å². The van der Waals surface area contributed by atoms with E-state index in [1.165, 1.54) is 12.8 Å². The summed E-state index contributed by atoms with van der Waals surface area (Å²) in [7, 11) is 0. The minimum Gasteiger partial charge on any atom is -0.477 e. The van der Waals surface area contributed by atoms with Crippen LogP contribution in [0.2, 0.25) is 0 Å². The maximum atomic E-state index is 11.9. The third kappa shape index (κ3) is 6.70. The lowest BCUT2D eigenvalue weighted by atomic mass is 10.2. The Morgan fingerprint density at radius 1 is 1.48 bits per heavy atom. The number of nitrogens with one attached hydrogen (secondary N) is 1. The van der Waals surface area contributed by atoms with Gasteiger partial charge >= 0.3 is 5.51 Å². The molecule has 0 atom stereocenters. The molecular weight excluding hydrogens is 305 g/mol. The van der Waals surface area contributed by atoms with Gasteiger partial charge in [-0.25, -0.2) is 4.98 Å². The Labute approximate surface area is 124 Å². The summed E-state index contributed by atoms with van der Waals surface area (Å²) < 4.78 is 41.3. The topological polar surface area (TPSA) is 51.2 Å². The van der Waals surface area contributed by atoms with Crippen LogP contribution in [0.1, 0.15) is 18.4 Å². The standard InChI is InChI=1S/C13H15F3N2O2S/c14-13(15,16)21-8-11(19)18-6-10-3-4-17-12(5-10)20-7-9-1-2-9/h3-5,9H,1-2,6-8H2,(H,18,19). The van der Waals surface area contributed by atoms with Crippen LogP contribution < -0.4 is 10.1 Å². The molecule has 1 heterocycles. The van der Waals surface area contributed by atoms with Crippen molar-refractivity contribution in [2.45, 2.75) is 24.9 Å². The van der Waals surface area contributed by atoms with Gasteiger partial charge in [0.25, 0.3) is 0 Å². The predicted octanol–water partition coefficient (Wildman–Crippen LogP) is 2.74. The maximum Gasteiger partial charge on any atom is 0.442 e. The van der Waals surface area contributed by atoms with Gasteiger partial charge in [0.05, 0.1) is 12.4 Å². The van der Waals surface area contributed by atoms with E-state index in [0.717, 1.165) is 5.56 Å². The molecule has 116 valence electrons. The molecule has 1 aliphatic carbocycles. The summed E-state index contributed by atoms with van der Waals surface area (Å²) in [6.45, 7) is 0.782. The molecule has 0 bridgehead atoms. The summed E-state index contributed by atoms with van der Waals surface area (Å²) >= 11 is -0.351.